The number of fused-ring (bicyclic) bond motifs is 1. The van der Waals surface area contributed by atoms with Gasteiger partial charge in [0.15, 0.2) is 0 Å². The van der Waals surface area contributed by atoms with Crippen LogP contribution >= 0.6 is 0 Å². The van der Waals surface area contributed by atoms with E-state index in [1.165, 1.54) is 5.56 Å². The van der Waals surface area contributed by atoms with Crippen LogP contribution in [0.2, 0.25) is 0 Å². The van der Waals surface area contributed by atoms with E-state index in [4.69, 9.17) is 10.6 Å². The Kier molecular flexibility index (Phi) is 3.04. The number of ether oxygens (including phenoxy) is 1. The Balaban J connectivity index is 2.34. The van der Waals surface area contributed by atoms with Crippen LogP contribution in [0.4, 0.5) is 0 Å². The minimum Gasteiger partial charge on any atom is -0.493 e. The van der Waals surface area contributed by atoms with Crippen LogP contribution in [0.1, 0.15) is 23.6 Å². The number of hydrogen-bond donors (Lipinski definition) is 2. The molecule has 2 rings (SSSR count). The molecule has 1 aromatic rings. The number of nitrogens with one attached hydrogen (secondary N) is 1. The first-order chi connectivity index (χ1) is 7.36. The largest absolute Gasteiger partial charge is 0.493 e. The summed E-state index contributed by atoms with van der Waals surface area (Å²) in [7, 11) is 0. The Morgan fingerprint density at radius 3 is 3.20 bits per heavy atom. The summed E-state index contributed by atoms with van der Waals surface area (Å²) in [5, 5.41) is 0. The molecule has 1 unspecified atom stereocenters. The lowest BCUT2D eigenvalue weighted by atomic mass is 10.00. The van der Waals surface area contributed by atoms with Gasteiger partial charge >= 0.3 is 0 Å². The zero-order valence-electron chi connectivity index (χ0n) is 8.70. The van der Waals surface area contributed by atoms with Crippen molar-refractivity contribution in [2.24, 2.45) is 5.84 Å². The van der Waals surface area contributed by atoms with Crippen molar-refractivity contribution in [3.63, 3.8) is 0 Å². The lowest BCUT2D eigenvalue weighted by Crippen LogP contribution is -2.27. The first kappa shape index (κ1) is 10.2. The maximum atomic E-state index is 5.63. The third-order valence-electron chi connectivity index (χ3n) is 2.72. The molecule has 0 aromatic heterocycles. The Labute approximate surface area is 89.9 Å². The monoisotopic (exact) mass is 204 g/mol. The fourth-order valence-corrected chi connectivity index (χ4v) is 1.97. The molecule has 3 nitrogen and oxygen atoms in total. The minimum atomic E-state index is 0.0931. The predicted molar refractivity (Wildman–Crippen MR) is 60.5 cm³/mol. The molecule has 15 heavy (non-hydrogen) atoms. The molecule has 1 heterocycles. The van der Waals surface area contributed by atoms with Gasteiger partial charge in [0.05, 0.1) is 12.6 Å². The number of benzene rings is 1. The van der Waals surface area contributed by atoms with Crippen LogP contribution in [0.15, 0.2) is 30.9 Å². The topological polar surface area (TPSA) is 47.3 Å². The van der Waals surface area contributed by atoms with E-state index in [1.807, 2.05) is 6.08 Å². The van der Waals surface area contributed by atoms with Crippen molar-refractivity contribution in [2.75, 3.05) is 6.61 Å². The van der Waals surface area contributed by atoms with E-state index in [1.54, 1.807) is 0 Å². The van der Waals surface area contributed by atoms with Crippen molar-refractivity contribution in [2.45, 2.75) is 18.9 Å². The van der Waals surface area contributed by atoms with Crippen LogP contribution in [0.25, 0.3) is 0 Å². The average Bonchev–Trinajstić information content (AvgIpc) is 2.73. The van der Waals surface area contributed by atoms with E-state index in [0.717, 1.165) is 30.8 Å². The normalized spacial score (nSPS) is 15.5. The summed E-state index contributed by atoms with van der Waals surface area (Å²) in [6, 6.07) is 6.30. The van der Waals surface area contributed by atoms with Gasteiger partial charge in [-0.1, -0.05) is 24.3 Å². The van der Waals surface area contributed by atoms with E-state index in [9.17, 15) is 0 Å². The maximum Gasteiger partial charge on any atom is 0.127 e. The molecule has 0 radical (unpaired) electrons. The van der Waals surface area contributed by atoms with Crippen molar-refractivity contribution in [1.82, 2.24) is 5.43 Å². The SMILES string of the molecule is C=CCC(NN)c1cccc2c1OCC2. The molecule has 0 saturated heterocycles. The fourth-order valence-electron chi connectivity index (χ4n) is 1.97. The molecule has 0 bridgehead atoms. The summed E-state index contributed by atoms with van der Waals surface area (Å²) in [5.74, 6) is 6.53. The van der Waals surface area contributed by atoms with E-state index >= 15 is 0 Å². The van der Waals surface area contributed by atoms with Crippen molar-refractivity contribution < 1.29 is 4.74 Å². The Morgan fingerprint density at radius 1 is 1.60 bits per heavy atom. The van der Waals surface area contributed by atoms with E-state index in [0.29, 0.717) is 0 Å². The summed E-state index contributed by atoms with van der Waals surface area (Å²) < 4.78 is 5.63. The second-order valence-electron chi connectivity index (χ2n) is 3.68. The van der Waals surface area contributed by atoms with Crippen LogP contribution in [0.5, 0.6) is 5.75 Å². The molecule has 1 atom stereocenters. The van der Waals surface area contributed by atoms with Gasteiger partial charge < -0.3 is 4.74 Å². The molecular formula is C12H16N2O. The van der Waals surface area contributed by atoms with Gasteiger partial charge in [-0.05, 0) is 12.0 Å². The quantitative estimate of drug-likeness (QED) is 0.446. The van der Waals surface area contributed by atoms with Crippen molar-refractivity contribution >= 4 is 0 Å². The van der Waals surface area contributed by atoms with Gasteiger partial charge in [0.2, 0.25) is 0 Å². The average molecular weight is 204 g/mol. The maximum absolute atomic E-state index is 5.63. The van der Waals surface area contributed by atoms with Crippen LogP contribution < -0.4 is 16.0 Å². The smallest absolute Gasteiger partial charge is 0.127 e. The van der Waals surface area contributed by atoms with Gasteiger partial charge in [-0.3, -0.25) is 11.3 Å². The zero-order chi connectivity index (χ0) is 10.7. The molecule has 1 aliphatic heterocycles. The van der Waals surface area contributed by atoms with Gasteiger partial charge in [0.25, 0.3) is 0 Å². The number of nitrogens with two attached hydrogens (primary N) is 1. The first-order valence-corrected chi connectivity index (χ1v) is 5.18. The second-order valence-corrected chi connectivity index (χ2v) is 3.68. The number of rotatable bonds is 4. The van der Waals surface area contributed by atoms with Crippen molar-refractivity contribution in [3.8, 4) is 5.75 Å². The third-order valence-corrected chi connectivity index (χ3v) is 2.72. The summed E-state index contributed by atoms with van der Waals surface area (Å²) in [6.07, 6.45) is 3.66. The van der Waals surface area contributed by atoms with Gasteiger partial charge in [-0.25, -0.2) is 0 Å². The lowest BCUT2D eigenvalue weighted by molar-refractivity contribution is 0.348. The second kappa shape index (κ2) is 4.47. The summed E-state index contributed by atoms with van der Waals surface area (Å²) >= 11 is 0. The van der Waals surface area contributed by atoms with Gasteiger partial charge in [0.1, 0.15) is 5.75 Å². The first-order valence-electron chi connectivity index (χ1n) is 5.18. The standard InChI is InChI=1S/C12H16N2O/c1-2-4-11(14-13)10-6-3-5-9-7-8-15-12(9)10/h2-3,5-6,11,14H,1,4,7-8,13H2. The van der Waals surface area contributed by atoms with Crippen LogP contribution in [0, 0.1) is 0 Å². The molecule has 0 spiro atoms. The Bertz CT molecular complexity index is 363. The minimum absolute atomic E-state index is 0.0931. The molecule has 3 heteroatoms. The molecule has 0 aliphatic carbocycles. The number of hydrogen-bond acceptors (Lipinski definition) is 3. The molecule has 0 fully saturated rings. The highest BCUT2D eigenvalue weighted by atomic mass is 16.5. The van der Waals surface area contributed by atoms with Crippen molar-refractivity contribution in [3.05, 3.63) is 42.0 Å². The molecular weight excluding hydrogens is 188 g/mol. The van der Waals surface area contributed by atoms with E-state index in [-0.39, 0.29) is 6.04 Å². The molecule has 0 saturated carbocycles. The van der Waals surface area contributed by atoms with Gasteiger partial charge in [-0.2, -0.15) is 0 Å². The number of para-hydroxylation sites is 1. The number of hydrazine groups is 1. The van der Waals surface area contributed by atoms with E-state index in [2.05, 4.69) is 30.2 Å². The summed E-state index contributed by atoms with van der Waals surface area (Å²) in [6.45, 7) is 4.51. The van der Waals surface area contributed by atoms with Crippen LogP contribution in [0.3, 0.4) is 0 Å². The zero-order valence-corrected chi connectivity index (χ0v) is 8.70. The highest BCUT2D eigenvalue weighted by molar-refractivity contribution is 5.45. The molecule has 0 amide bonds. The Hall–Kier alpha value is -1.32. The molecule has 1 aliphatic rings. The lowest BCUT2D eigenvalue weighted by Gasteiger charge is -2.17. The van der Waals surface area contributed by atoms with E-state index < -0.39 is 0 Å². The molecule has 80 valence electrons. The van der Waals surface area contributed by atoms with Crippen molar-refractivity contribution in [1.29, 1.82) is 0 Å². The highest BCUT2D eigenvalue weighted by Gasteiger charge is 2.20. The highest BCUT2D eigenvalue weighted by Crippen LogP contribution is 2.34. The summed E-state index contributed by atoms with van der Waals surface area (Å²) in [5.41, 5.74) is 5.20. The predicted octanol–water partition coefficient (Wildman–Crippen LogP) is 1.70. The molecule has 3 N–H and O–H groups in total. The fraction of sp³-hybridized carbons (Fsp3) is 0.333. The van der Waals surface area contributed by atoms with Gasteiger partial charge in [0, 0.05) is 12.0 Å². The molecule has 1 aromatic carbocycles. The Morgan fingerprint density at radius 2 is 2.47 bits per heavy atom. The third kappa shape index (κ3) is 1.89. The summed E-state index contributed by atoms with van der Waals surface area (Å²) in [4.78, 5) is 0. The van der Waals surface area contributed by atoms with Crippen LogP contribution in [-0.4, -0.2) is 6.61 Å². The van der Waals surface area contributed by atoms with Gasteiger partial charge in [-0.15, -0.1) is 6.58 Å². The van der Waals surface area contributed by atoms with Crippen LogP contribution in [-0.2, 0) is 6.42 Å².